The van der Waals surface area contributed by atoms with Crippen molar-refractivity contribution in [1.29, 1.82) is 0 Å². The standard InChI is InChI=1S/C12H18ClFN2S/c1-2-6-17-8-9(16-15)7-10-11(13)4-3-5-12(10)14/h3-5,9,16H,2,6-8,15H2,1H3. The smallest absolute Gasteiger partial charge is 0.127 e. The maximum absolute atomic E-state index is 13.6. The number of rotatable bonds is 7. The molecule has 0 aliphatic rings. The maximum atomic E-state index is 13.6. The van der Waals surface area contributed by atoms with Crippen molar-refractivity contribution < 1.29 is 4.39 Å². The summed E-state index contributed by atoms with van der Waals surface area (Å²) in [6, 6.07) is 4.78. The molecule has 0 spiro atoms. The first kappa shape index (κ1) is 14.8. The average Bonchev–Trinajstić information content (AvgIpc) is 2.32. The van der Waals surface area contributed by atoms with Gasteiger partial charge in [0.25, 0.3) is 0 Å². The Labute approximate surface area is 111 Å². The second-order valence-corrected chi connectivity index (χ2v) is 5.40. The van der Waals surface area contributed by atoms with Crippen molar-refractivity contribution in [2.45, 2.75) is 25.8 Å². The zero-order chi connectivity index (χ0) is 12.7. The fourth-order valence-electron chi connectivity index (χ4n) is 1.51. The van der Waals surface area contributed by atoms with Gasteiger partial charge < -0.3 is 0 Å². The van der Waals surface area contributed by atoms with Crippen LogP contribution in [-0.2, 0) is 6.42 Å². The summed E-state index contributed by atoms with van der Waals surface area (Å²) in [5.41, 5.74) is 3.25. The van der Waals surface area contributed by atoms with Crippen LogP contribution in [-0.4, -0.2) is 17.5 Å². The summed E-state index contributed by atoms with van der Waals surface area (Å²) in [6.45, 7) is 2.13. The highest BCUT2D eigenvalue weighted by Crippen LogP contribution is 2.21. The summed E-state index contributed by atoms with van der Waals surface area (Å²) in [5, 5.41) is 0.464. The van der Waals surface area contributed by atoms with Crippen molar-refractivity contribution in [3.63, 3.8) is 0 Å². The van der Waals surface area contributed by atoms with E-state index in [1.54, 1.807) is 12.1 Å². The van der Waals surface area contributed by atoms with Crippen LogP contribution in [0.1, 0.15) is 18.9 Å². The summed E-state index contributed by atoms with van der Waals surface area (Å²) in [4.78, 5) is 0. The van der Waals surface area contributed by atoms with Gasteiger partial charge >= 0.3 is 0 Å². The van der Waals surface area contributed by atoms with Crippen molar-refractivity contribution in [2.24, 2.45) is 5.84 Å². The molecule has 0 aliphatic heterocycles. The van der Waals surface area contributed by atoms with Gasteiger partial charge in [-0.05, 0) is 30.7 Å². The van der Waals surface area contributed by atoms with Crippen LogP contribution in [0.4, 0.5) is 4.39 Å². The molecular formula is C12H18ClFN2S. The van der Waals surface area contributed by atoms with Crippen LogP contribution in [0.15, 0.2) is 18.2 Å². The van der Waals surface area contributed by atoms with Gasteiger partial charge in [0.05, 0.1) is 0 Å². The average molecular weight is 277 g/mol. The Morgan fingerprint density at radius 3 is 2.88 bits per heavy atom. The highest BCUT2D eigenvalue weighted by atomic mass is 35.5. The number of hydrogen-bond donors (Lipinski definition) is 2. The highest BCUT2D eigenvalue weighted by molar-refractivity contribution is 7.99. The zero-order valence-electron chi connectivity index (χ0n) is 9.88. The normalized spacial score (nSPS) is 12.7. The van der Waals surface area contributed by atoms with Crippen molar-refractivity contribution in [3.05, 3.63) is 34.6 Å². The number of halogens is 2. The van der Waals surface area contributed by atoms with Crippen LogP contribution in [0.25, 0.3) is 0 Å². The molecule has 1 aromatic rings. The summed E-state index contributed by atoms with van der Waals surface area (Å²) in [7, 11) is 0. The molecule has 0 amide bonds. The number of benzene rings is 1. The molecule has 0 radical (unpaired) electrons. The second-order valence-electron chi connectivity index (χ2n) is 3.84. The van der Waals surface area contributed by atoms with Crippen LogP contribution in [0.3, 0.4) is 0 Å². The third-order valence-corrected chi connectivity index (χ3v) is 4.10. The molecule has 1 atom stereocenters. The van der Waals surface area contributed by atoms with Gasteiger partial charge in [0, 0.05) is 22.4 Å². The molecule has 1 rings (SSSR count). The fourth-order valence-corrected chi connectivity index (χ4v) is 2.70. The monoisotopic (exact) mass is 276 g/mol. The number of hydrazine groups is 1. The predicted molar refractivity (Wildman–Crippen MR) is 73.8 cm³/mol. The van der Waals surface area contributed by atoms with Gasteiger partial charge in [-0.25, -0.2) is 4.39 Å². The first-order valence-corrected chi connectivity index (χ1v) is 7.19. The molecule has 0 bridgehead atoms. The van der Waals surface area contributed by atoms with E-state index < -0.39 is 0 Å². The topological polar surface area (TPSA) is 38.0 Å². The molecule has 0 aliphatic carbocycles. The Hall–Kier alpha value is -0.290. The van der Waals surface area contributed by atoms with Crippen LogP contribution >= 0.6 is 23.4 Å². The molecular weight excluding hydrogens is 259 g/mol. The molecule has 5 heteroatoms. The van der Waals surface area contributed by atoms with Gasteiger partial charge in [-0.15, -0.1) is 0 Å². The zero-order valence-corrected chi connectivity index (χ0v) is 11.5. The van der Waals surface area contributed by atoms with E-state index >= 15 is 0 Å². The van der Waals surface area contributed by atoms with Crippen molar-refractivity contribution in [2.75, 3.05) is 11.5 Å². The van der Waals surface area contributed by atoms with E-state index in [0.29, 0.717) is 17.0 Å². The second kappa shape index (κ2) is 7.93. The van der Waals surface area contributed by atoms with E-state index in [9.17, 15) is 4.39 Å². The highest BCUT2D eigenvalue weighted by Gasteiger charge is 2.13. The molecule has 1 unspecified atom stereocenters. The van der Waals surface area contributed by atoms with Crippen molar-refractivity contribution >= 4 is 23.4 Å². The van der Waals surface area contributed by atoms with Crippen LogP contribution < -0.4 is 11.3 Å². The number of nitrogens with two attached hydrogens (primary N) is 1. The Balaban J connectivity index is 2.60. The van der Waals surface area contributed by atoms with E-state index in [-0.39, 0.29) is 11.9 Å². The summed E-state index contributed by atoms with van der Waals surface area (Å²) in [5.74, 6) is 7.15. The lowest BCUT2D eigenvalue weighted by Crippen LogP contribution is -2.39. The van der Waals surface area contributed by atoms with E-state index in [2.05, 4.69) is 12.3 Å². The van der Waals surface area contributed by atoms with Crippen molar-refractivity contribution in [3.8, 4) is 0 Å². The molecule has 0 heterocycles. The molecule has 1 aromatic carbocycles. The lowest BCUT2D eigenvalue weighted by atomic mass is 10.1. The van der Waals surface area contributed by atoms with Crippen LogP contribution in [0.5, 0.6) is 0 Å². The molecule has 17 heavy (non-hydrogen) atoms. The molecule has 0 saturated carbocycles. The van der Waals surface area contributed by atoms with Crippen molar-refractivity contribution in [1.82, 2.24) is 5.43 Å². The third-order valence-electron chi connectivity index (χ3n) is 2.42. The molecule has 0 saturated heterocycles. The minimum absolute atomic E-state index is 0.0425. The van der Waals surface area contributed by atoms with E-state index in [1.165, 1.54) is 6.07 Å². The van der Waals surface area contributed by atoms with Gasteiger partial charge in [0.15, 0.2) is 0 Å². The number of nitrogens with one attached hydrogen (secondary N) is 1. The summed E-state index contributed by atoms with van der Waals surface area (Å²) < 4.78 is 13.6. The molecule has 2 nitrogen and oxygen atoms in total. The first-order chi connectivity index (χ1) is 8.19. The van der Waals surface area contributed by atoms with Gasteiger partial charge in [-0.1, -0.05) is 24.6 Å². The van der Waals surface area contributed by atoms with Gasteiger partial charge in [-0.3, -0.25) is 11.3 Å². The minimum atomic E-state index is -0.266. The fraction of sp³-hybridized carbons (Fsp3) is 0.500. The summed E-state index contributed by atoms with van der Waals surface area (Å²) >= 11 is 7.79. The maximum Gasteiger partial charge on any atom is 0.127 e. The Morgan fingerprint density at radius 1 is 1.53 bits per heavy atom. The van der Waals surface area contributed by atoms with Gasteiger partial charge in [-0.2, -0.15) is 11.8 Å². The quantitative estimate of drug-likeness (QED) is 0.457. The third kappa shape index (κ3) is 4.84. The van der Waals surface area contributed by atoms with Gasteiger partial charge in [0.1, 0.15) is 5.82 Å². The van der Waals surface area contributed by atoms with E-state index in [4.69, 9.17) is 17.4 Å². The molecule has 96 valence electrons. The predicted octanol–water partition coefficient (Wildman–Crippen LogP) is 3.00. The molecule has 0 aromatic heterocycles. The largest absolute Gasteiger partial charge is 0.271 e. The molecule has 0 fully saturated rings. The molecule has 3 N–H and O–H groups in total. The number of thioether (sulfide) groups is 1. The Morgan fingerprint density at radius 2 is 2.29 bits per heavy atom. The van der Waals surface area contributed by atoms with Crippen LogP contribution in [0.2, 0.25) is 5.02 Å². The van der Waals surface area contributed by atoms with E-state index in [0.717, 1.165) is 17.9 Å². The lowest BCUT2D eigenvalue weighted by molar-refractivity contribution is 0.547. The van der Waals surface area contributed by atoms with Crippen LogP contribution in [0, 0.1) is 5.82 Å². The Bertz CT molecular complexity index is 329. The lowest BCUT2D eigenvalue weighted by Gasteiger charge is -2.16. The Kier molecular flexibility index (Phi) is 6.89. The minimum Gasteiger partial charge on any atom is -0.271 e. The summed E-state index contributed by atoms with van der Waals surface area (Å²) in [6.07, 6.45) is 1.64. The van der Waals surface area contributed by atoms with Gasteiger partial charge in [0.2, 0.25) is 0 Å². The number of hydrogen-bond acceptors (Lipinski definition) is 3. The SMILES string of the molecule is CCCSCC(Cc1c(F)cccc1Cl)NN. The van der Waals surface area contributed by atoms with E-state index in [1.807, 2.05) is 11.8 Å². The first-order valence-electron chi connectivity index (χ1n) is 5.65.